The monoisotopic (exact) mass is 462 g/mol. The van der Waals surface area contributed by atoms with Crippen molar-refractivity contribution < 1.29 is 39.3 Å². The number of carbonyl (C=O) groups is 5. The molecule has 0 aromatic rings. The molecule has 1 aliphatic rings. The fourth-order valence-electron chi connectivity index (χ4n) is 3.18. The number of aliphatic hydroxyl groups excluding tert-OH is 1. The predicted octanol–water partition coefficient (Wildman–Crippen LogP) is -2.03. The summed E-state index contributed by atoms with van der Waals surface area (Å²) in [6.07, 6.45) is 0.958. The van der Waals surface area contributed by atoms with Crippen molar-refractivity contribution in [2.75, 3.05) is 18.6 Å². The lowest BCUT2D eigenvalue weighted by atomic mass is 10.1. The Kier molecular flexibility index (Phi) is 10.7. The molecule has 0 bridgehead atoms. The van der Waals surface area contributed by atoms with Crippen molar-refractivity contribution in [1.82, 2.24) is 15.5 Å². The Balaban J connectivity index is 2.86. The van der Waals surface area contributed by atoms with Gasteiger partial charge in [-0.25, -0.2) is 4.79 Å². The molecule has 0 aromatic carbocycles. The molecule has 7 N–H and O–H groups in total. The Morgan fingerprint density at radius 1 is 1.19 bits per heavy atom. The lowest BCUT2D eigenvalue weighted by molar-refractivity contribution is -0.148. The van der Waals surface area contributed by atoms with Gasteiger partial charge in [0.2, 0.25) is 17.7 Å². The average Bonchev–Trinajstić information content (AvgIpc) is 3.17. The van der Waals surface area contributed by atoms with E-state index >= 15 is 0 Å². The number of amides is 3. The lowest BCUT2D eigenvalue weighted by Gasteiger charge is -2.29. The number of hydrogen-bond acceptors (Lipinski definition) is 8. The number of hydrogen-bond donors (Lipinski definition) is 6. The Hall–Kier alpha value is -2.38. The number of carboxylic acid groups (broad SMARTS) is 2. The number of aliphatic carboxylic acids is 2. The molecule has 5 unspecified atom stereocenters. The maximum atomic E-state index is 12.8. The van der Waals surface area contributed by atoms with Crippen LogP contribution >= 0.6 is 11.8 Å². The first-order valence-corrected chi connectivity index (χ1v) is 11.2. The molecule has 0 aromatic heterocycles. The minimum Gasteiger partial charge on any atom is -0.481 e. The van der Waals surface area contributed by atoms with E-state index in [0.717, 1.165) is 0 Å². The van der Waals surface area contributed by atoms with Crippen molar-refractivity contribution in [1.29, 1.82) is 0 Å². The summed E-state index contributed by atoms with van der Waals surface area (Å²) in [5, 5.41) is 32.1. The standard InChI is InChI=1S/C18H30N4O8S/c1-9(23)14(16(27)20-11(18(29)30)8-13(24)25)21-15(26)12-4-3-6-22(12)17(28)10(19)5-7-31-2/h9-12,14,23H,3-8,19H2,1-2H3,(H,20,27)(H,21,26)(H,24,25)(H,29,30). The van der Waals surface area contributed by atoms with Crippen molar-refractivity contribution in [3.8, 4) is 0 Å². The first-order valence-electron chi connectivity index (χ1n) is 9.78. The van der Waals surface area contributed by atoms with Gasteiger partial charge in [0, 0.05) is 6.54 Å². The second-order valence-corrected chi connectivity index (χ2v) is 8.29. The minimum atomic E-state index is -1.73. The number of nitrogens with one attached hydrogen (secondary N) is 2. The largest absolute Gasteiger partial charge is 0.481 e. The quantitative estimate of drug-likeness (QED) is 0.188. The minimum absolute atomic E-state index is 0.329. The highest BCUT2D eigenvalue weighted by atomic mass is 32.2. The summed E-state index contributed by atoms with van der Waals surface area (Å²) >= 11 is 1.54. The number of carboxylic acids is 2. The van der Waals surface area contributed by atoms with E-state index in [2.05, 4.69) is 5.32 Å². The molecule has 31 heavy (non-hydrogen) atoms. The molecule has 13 heteroatoms. The van der Waals surface area contributed by atoms with Crippen LogP contribution < -0.4 is 16.4 Å². The highest BCUT2D eigenvalue weighted by Crippen LogP contribution is 2.19. The first-order chi connectivity index (χ1) is 14.5. The molecule has 0 aliphatic carbocycles. The van der Waals surface area contributed by atoms with E-state index in [1.165, 1.54) is 11.8 Å². The zero-order chi connectivity index (χ0) is 23.7. The van der Waals surface area contributed by atoms with Crippen LogP contribution in [0, 0.1) is 0 Å². The van der Waals surface area contributed by atoms with Gasteiger partial charge in [-0.2, -0.15) is 11.8 Å². The molecule has 1 aliphatic heterocycles. The number of nitrogens with zero attached hydrogens (tertiary/aromatic N) is 1. The van der Waals surface area contributed by atoms with E-state index in [1.807, 2.05) is 11.6 Å². The third kappa shape index (κ3) is 7.99. The number of carbonyl (C=O) groups excluding carboxylic acids is 3. The van der Waals surface area contributed by atoms with Gasteiger partial charge in [0.1, 0.15) is 18.1 Å². The fourth-order valence-corrected chi connectivity index (χ4v) is 3.66. The zero-order valence-electron chi connectivity index (χ0n) is 17.4. The molecule has 1 fully saturated rings. The Morgan fingerprint density at radius 3 is 2.35 bits per heavy atom. The van der Waals surface area contributed by atoms with E-state index in [4.69, 9.17) is 15.9 Å². The van der Waals surface area contributed by atoms with Crippen LogP contribution in [0.5, 0.6) is 0 Å². The summed E-state index contributed by atoms with van der Waals surface area (Å²) in [4.78, 5) is 61.1. The van der Waals surface area contributed by atoms with E-state index in [-0.39, 0.29) is 5.91 Å². The molecule has 0 saturated carbocycles. The smallest absolute Gasteiger partial charge is 0.326 e. The molecule has 12 nitrogen and oxygen atoms in total. The van der Waals surface area contributed by atoms with Crippen LogP contribution in [0.3, 0.4) is 0 Å². The van der Waals surface area contributed by atoms with Crippen molar-refractivity contribution in [2.24, 2.45) is 5.73 Å². The van der Waals surface area contributed by atoms with Crippen molar-refractivity contribution in [2.45, 2.75) is 62.9 Å². The maximum absolute atomic E-state index is 12.8. The molecule has 1 rings (SSSR count). The van der Waals surface area contributed by atoms with Gasteiger partial charge in [0.25, 0.3) is 0 Å². The van der Waals surface area contributed by atoms with Crippen molar-refractivity contribution >= 4 is 41.4 Å². The SMILES string of the molecule is CSCCC(N)C(=O)N1CCCC1C(=O)NC(C(=O)NC(CC(=O)O)C(=O)O)C(C)O. The molecular formula is C18H30N4O8S. The van der Waals surface area contributed by atoms with Gasteiger partial charge in [0.15, 0.2) is 0 Å². The first kappa shape index (κ1) is 26.7. The second-order valence-electron chi connectivity index (χ2n) is 7.30. The predicted molar refractivity (Wildman–Crippen MR) is 111 cm³/mol. The lowest BCUT2D eigenvalue weighted by Crippen LogP contribution is -2.59. The van der Waals surface area contributed by atoms with E-state index < -0.39 is 60.4 Å². The van der Waals surface area contributed by atoms with Gasteiger partial charge in [0.05, 0.1) is 18.6 Å². The van der Waals surface area contributed by atoms with Crippen LogP contribution in [0.15, 0.2) is 0 Å². The van der Waals surface area contributed by atoms with Crippen LogP contribution in [-0.4, -0.2) is 98.7 Å². The maximum Gasteiger partial charge on any atom is 0.326 e. The Morgan fingerprint density at radius 2 is 1.84 bits per heavy atom. The Labute approximate surface area is 183 Å². The van der Waals surface area contributed by atoms with Gasteiger partial charge in [-0.1, -0.05) is 0 Å². The fraction of sp³-hybridized carbons (Fsp3) is 0.722. The van der Waals surface area contributed by atoms with Gasteiger partial charge in [-0.15, -0.1) is 0 Å². The molecule has 3 amide bonds. The van der Waals surface area contributed by atoms with E-state index in [0.29, 0.717) is 31.6 Å². The van der Waals surface area contributed by atoms with Crippen molar-refractivity contribution in [3.05, 3.63) is 0 Å². The highest BCUT2D eigenvalue weighted by Gasteiger charge is 2.38. The number of thioether (sulfide) groups is 1. The molecule has 0 spiro atoms. The number of rotatable bonds is 12. The number of nitrogens with two attached hydrogens (primary N) is 1. The summed E-state index contributed by atoms with van der Waals surface area (Å²) in [7, 11) is 0. The second kappa shape index (κ2) is 12.5. The van der Waals surface area contributed by atoms with Gasteiger partial charge in [-0.05, 0) is 38.2 Å². The summed E-state index contributed by atoms with van der Waals surface area (Å²) in [5.74, 6) is -4.44. The van der Waals surface area contributed by atoms with E-state index in [9.17, 15) is 29.1 Å². The number of likely N-dealkylation sites (tertiary alicyclic amines) is 1. The van der Waals surface area contributed by atoms with Crippen LogP contribution in [0.2, 0.25) is 0 Å². The van der Waals surface area contributed by atoms with Crippen LogP contribution in [0.1, 0.15) is 32.6 Å². The van der Waals surface area contributed by atoms with Gasteiger partial charge >= 0.3 is 11.9 Å². The summed E-state index contributed by atoms with van der Waals surface area (Å²) < 4.78 is 0. The molecule has 1 saturated heterocycles. The van der Waals surface area contributed by atoms with E-state index in [1.54, 1.807) is 11.8 Å². The van der Waals surface area contributed by atoms with Gasteiger partial charge < -0.3 is 36.6 Å². The summed E-state index contributed by atoms with van der Waals surface area (Å²) in [6, 6.07) is -4.91. The van der Waals surface area contributed by atoms with Gasteiger partial charge in [-0.3, -0.25) is 19.2 Å². The molecule has 0 radical (unpaired) electrons. The molecular weight excluding hydrogens is 432 g/mol. The molecule has 5 atom stereocenters. The average molecular weight is 463 g/mol. The Bertz CT molecular complexity index is 689. The summed E-state index contributed by atoms with van der Waals surface area (Å²) in [6.45, 7) is 1.54. The van der Waals surface area contributed by atoms with Crippen LogP contribution in [0.25, 0.3) is 0 Å². The topological polar surface area (TPSA) is 199 Å². The third-order valence-corrected chi connectivity index (χ3v) is 5.49. The summed E-state index contributed by atoms with van der Waals surface area (Å²) in [5.41, 5.74) is 5.92. The van der Waals surface area contributed by atoms with Crippen LogP contribution in [-0.2, 0) is 24.0 Å². The third-order valence-electron chi connectivity index (χ3n) is 4.84. The van der Waals surface area contributed by atoms with Crippen molar-refractivity contribution in [3.63, 3.8) is 0 Å². The zero-order valence-corrected chi connectivity index (χ0v) is 18.3. The normalized spacial score (nSPS) is 19.7. The highest BCUT2D eigenvalue weighted by molar-refractivity contribution is 7.98. The number of aliphatic hydroxyl groups is 1. The molecule has 176 valence electrons. The molecule has 1 heterocycles. The van der Waals surface area contributed by atoms with Crippen LogP contribution in [0.4, 0.5) is 0 Å².